The number of nitrogens with zero attached hydrogens (tertiary/aromatic N) is 1. The maximum absolute atomic E-state index is 4.56. The molecule has 0 aliphatic carbocycles. The molecule has 1 aliphatic heterocycles. The first-order valence-electron chi connectivity index (χ1n) is 11.0. The quantitative estimate of drug-likeness (QED) is 0.242. The van der Waals surface area contributed by atoms with Crippen molar-refractivity contribution in [2.75, 3.05) is 6.54 Å². The summed E-state index contributed by atoms with van der Waals surface area (Å²) in [5.74, 6) is 0. The summed E-state index contributed by atoms with van der Waals surface area (Å²) in [7, 11) is 0. The van der Waals surface area contributed by atoms with Gasteiger partial charge >= 0.3 is 0 Å². The molecular formula is C22H43N. The average Bonchev–Trinajstić information content (AvgIpc) is 3.08. The highest BCUT2D eigenvalue weighted by molar-refractivity contribution is 5.85. The molecule has 1 heteroatoms. The number of aliphatic imine (C=N–C) groups is 1. The van der Waals surface area contributed by atoms with E-state index in [0.717, 1.165) is 6.54 Å². The third-order valence-corrected chi connectivity index (χ3v) is 5.28. The molecule has 136 valence electrons. The zero-order chi connectivity index (χ0) is 16.4. The first kappa shape index (κ1) is 20.7. The maximum Gasteiger partial charge on any atom is 0.0392 e. The van der Waals surface area contributed by atoms with Crippen LogP contribution in [0.2, 0.25) is 0 Å². The van der Waals surface area contributed by atoms with Crippen molar-refractivity contribution in [3.05, 3.63) is 0 Å². The Bertz CT molecular complexity index is 269. The Balaban J connectivity index is 1.65. The highest BCUT2D eigenvalue weighted by atomic mass is 14.8. The summed E-state index contributed by atoms with van der Waals surface area (Å²) in [5, 5.41) is 0. The molecule has 0 amide bonds. The van der Waals surface area contributed by atoms with Crippen molar-refractivity contribution in [3.8, 4) is 0 Å². The molecule has 0 radical (unpaired) electrons. The van der Waals surface area contributed by atoms with Crippen LogP contribution in [0, 0.1) is 0 Å². The molecule has 0 atom stereocenters. The SMILES string of the molecule is CCCCCCCCCCCCCCCCCCC1=NCCC1. The molecule has 0 aromatic rings. The minimum atomic E-state index is 1.11. The van der Waals surface area contributed by atoms with Gasteiger partial charge in [0.25, 0.3) is 0 Å². The molecule has 0 bridgehead atoms. The molecule has 0 N–H and O–H groups in total. The fourth-order valence-electron chi connectivity index (χ4n) is 3.68. The summed E-state index contributed by atoms with van der Waals surface area (Å²) in [6, 6.07) is 0. The topological polar surface area (TPSA) is 12.4 Å². The van der Waals surface area contributed by atoms with Crippen molar-refractivity contribution in [1.82, 2.24) is 0 Å². The van der Waals surface area contributed by atoms with E-state index >= 15 is 0 Å². The van der Waals surface area contributed by atoms with Crippen LogP contribution in [0.1, 0.15) is 129 Å². The molecule has 1 rings (SSSR count). The lowest BCUT2D eigenvalue weighted by molar-refractivity contribution is 0.530. The molecular weight excluding hydrogens is 278 g/mol. The highest BCUT2D eigenvalue weighted by Crippen LogP contribution is 2.15. The van der Waals surface area contributed by atoms with Crippen LogP contribution >= 0.6 is 0 Å². The summed E-state index contributed by atoms with van der Waals surface area (Å²) >= 11 is 0. The van der Waals surface area contributed by atoms with E-state index in [4.69, 9.17) is 0 Å². The second-order valence-corrected chi connectivity index (χ2v) is 7.60. The van der Waals surface area contributed by atoms with Gasteiger partial charge in [0.2, 0.25) is 0 Å². The largest absolute Gasteiger partial charge is 0.294 e. The van der Waals surface area contributed by atoms with E-state index in [9.17, 15) is 0 Å². The van der Waals surface area contributed by atoms with Gasteiger partial charge in [-0.3, -0.25) is 4.99 Å². The lowest BCUT2D eigenvalue weighted by atomic mass is 10.0. The first-order valence-corrected chi connectivity index (χ1v) is 11.0. The van der Waals surface area contributed by atoms with E-state index in [1.807, 2.05) is 0 Å². The van der Waals surface area contributed by atoms with Crippen LogP contribution in [0.3, 0.4) is 0 Å². The van der Waals surface area contributed by atoms with Crippen molar-refractivity contribution in [3.63, 3.8) is 0 Å². The molecule has 0 fully saturated rings. The predicted octanol–water partition coefficient (Wildman–Crippen LogP) is 7.87. The van der Waals surface area contributed by atoms with Crippen molar-refractivity contribution in [2.45, 2.75) is 129 Å². The lowest BCUT2D eigenvalue weighted by Gasteiger charge is -2.04. The monoisotopic (exact) mass is 321 g/mol. The Morgan fingerprint density at radius 3 is 1.43 bits per heavy atom. The molecule has 0 aromatic carbocycles. The lowest BCUT2D eigenvalue weighted by Crippen LogP contribution is -1.92. The number of rotatable bonds is 17. The smallest absolute Gasteiger partial charge is 0.0392 e. The molecule has 0 aromatic heterocycles. The van der Waals surface area contributed by atoms with Crippen LogP contribution in [0.15, 0.2) is 4.99 Å². The minimum absolute atomic E-state index is 1.11. The summed E-state index contributed by atoms with van der Waals surface area (Å²) in [5.41, 5.74) is 1.51. The fraction of sp³-hybridized carbons (Fsp3) is 0.955. The third-order valence-electron chi connectivity index (χ3n) is 5.28. The van der Waals surface area contributed by atoms with E-state index in [-0.39, 0.29) is 0 Å². The predicted molar refractivity (Wildman–Crippen MR) is 106 cm³/mol. The zero-order valence-corrected chi connectivity index (χ0v) is 16.1. The van der Waals surface area contributed by atoms with Crippen LogP contribution in [0.4, 0.5) is 0 Å². The first-order chi connectivity index (χ1) is 11.4. The van der Waals surface area contributed by atoms with Crippen LogP contribution in [-0.4, -0.2) is 12.3 Å². The minimum Gasteiger partial charge on any atom is -0.294 e. The highest BCUT2D eigenvalue weighted by Gasteiger charge is 2.04. The van der Waals surface area contributed by atoms with Gasteiger partial charge < -0.3 is 0 Å². The van der Waals surface area contributed by atoms with Crippen LogP contribution in [-0.2, 0) is 0 Å². The Kier molecular flexibility index (Phi) is 14.9. The molecule has 1 aliphatic rings. The maximum atomic E-state index is 4.56. The fourth-order valence-corrected chi connectivity index (χ4v) is 3.68. The number of hydrogen-bond donors (Lipinski definition) is 0. The average molecular weight is 322 g/mol. The van der Waals surface area contributed by atoms with Crippen LogP contribution in [0.25, 0.3) is 0 Å². The van der Waals surface area contributed by atoms with Gasteiger partial charge in [-0.25, -0.2) is 0 Å². The second kappa shape index (κ2) is 16.5. The van der Waals surface area contributed by atoms with Crippen molar-refractivity contribution < 1.29 is 0 Å². The van der Waals surface area contributed by atoms with Crippen molar-refractivity contribution in [1.29, 1.82) is 0 Å². The van der Waals surface area contributed by atoms with Gasteiger partial charge in [-0.2, -0.15) is 0 Å². The molecule has 1 nitrogen and oxygen atoms in total. The summed E-state index contributed by atoms with van der Waals surface area (Å²) < 4.78 is 0. The van der Waals surface area contributed by atoms with Gasteiger partial charge in [-0.05, 0) is 25.7 Å². The summed E-state index contributed by atoms with van der Waals surface area (Å²) in [4.78, 5) is 4.56. The summed E-state index contributed by atoms with van der Waals surface area (Å²) in [6.07, 6.45) is 27.2. The van der Waals surface area contributed by atoms with Gasteiger partial charge in [-0.15, -0.1) is 0 Å². The normalized spacial score (nSPS) is 14.4. The van der Waals surface area contributed by atoms with E-state index in [0.29, 0.717) is 0 Å². The van der Waals surface area contributed by atoms with Crippen molar-refractivity contribution in [2.24, 2.45) is 4.99 Å². The zero-order valence-electron chi connectivity index (χ0n) is 16.1. The Labute approximate surface area is 146 Å². The van der Waals surface area contributed by atoms with E-state index in [2.05, 4.69) is 11.9 Å². The molecule has 0 saturated carbocycles. The molecule has 1 heterocycles. The second-order valence-electron chi connectivity index (χ2n) is 7.60. The van der Waals surface area contributed by atoms with Crippen molar-refractivity contribution >= 4 is 5.71 Å². The molecule has 23 heavy (non-hydrogen) atoms. The number of unbranched alkanes of at least 4 members (excludes halogenated alkanes) is 15. The Morgan fingerprint density at radius 1 is 0.609 bits per heavy atom. The van der Waals surface area contributed by atoms with E-state index in [1.54, 1.807) is 0 Å². The Morgan fingerprint density at radius 2 is 1.04 bits per heavy atom. The van der Waals surface area contributed by atoms with E-state index < -0.39 is 0 Å². The van der Waals surface area contributed by atoms with Gasteiger partial charge in [-0.1, -0.05) is 103 Å². The van der Waals surface area contributed by atoms with Gasteiger partial charge in [0.15, 0.2) is 0 Å². The van der Waals surface area contributed by atoms with Gasteiger partial charge in [0, 0.05) is 12.3 Å². The third kappa shape index (κ3) is 13.8. The van der Waals surface area contributed by atoms with Crippen LogP contribution in [0.5, 0.6) is 0 Å². The summed E-state index contributed by atoms with van der Waals surface area (Å²) in [6.45, 7) is 3.40. The molecule has 0 unspecified atom stereocenters. The Hall–Kier alpha value is -0.330. The van der Waals surface area contributed by atoms with E-state index in [1.165, 1.54) is 128 Å². The number of hydrogen-bond acceptors (Lipinski definition) is 1. The van der Waals surface area contributed by atoms with Crippen LogP contribution < -0.4 is 0 Å². The van der Waals surface area contributed by atoms with Gasteiger partial charge in [0.05, 0.1) is 0 Å². The standard InChI is InChI=1S/C22H43N/c1-2-3-4-5-6-7-8-9-10-11-12-13-14-15-16-17-19-22-20-18-21-23-22/h2-21H2,1H3. The van der Waals surface area contributed by atoms with Gasteiger partial charge in [0.1, 0.15) is 0 Å². The molecule has 0 spiro atoms. The molecule has 0 saturated heterocycles.